The second kappa shape index (κ2) is 7.77. The zero-order valence-corrected chi connectivity index (χ0v) is 14.9. The highest BCUT2D eigenvalue weighted by molar-refractivity contribution is 7.89. The number of nitrogens with zero attached hydrogens (tertiary/aromatic N) is 2. The van der Waals surface area contributed by atoms with Gasteiger partial charge in [-0.25, -0.2) is 18.1 Å². The van der Waals surface area contributed by atoms with E-state index in [0.29, 0.717) is 16.0 Å². The largest absolute Gasteiger partial charge is 0.492 e. The molecule has 0 aliphatic carbocycles. The lowest BCUT2D eigenvalue weighted by atomic mass is 10.3. The first-order valence-electron chi connectivity index (χ1n) is 7.63. The molecule has 0 unspecified atom stereocenters. The van der Waals surface area contributed by atoms with E-state index in [4.69, 9.17) is 4.74 Å². The van der Waals surface area contributed by atoms with Gasteiger partial charge in [0.05, 0.1) is 17.6 Å². The summed E-state index contributed by atoms with van der Waals surface area (Å²) in [5.74, 6) is 0.471. The monoisotopic (exact) mass is 379 g/mol. The number of benzene rings is 1. The Morgan fingerprint density at radius 2 is 2.00 bits per heavy atom. The third-order valence-electron chi connectivity index (χ3n) is 3.47. The molecule has 0 saturated carbocycles. The molecule has 0 aliphatic heterocycles. The van der Waals surface area contributed by atoms with Crippen molar-refractivity contribution in [2.45, 2.75) is 6.54 Å². The second-order valence-corrected chi connectivity index (χ2v) is 8.10. The summed E-state index contributed by atoms with van der Waals surface area (Å²) in [7, 11) is -3.47. The van der Waals surface area contributed by atoms with E-state index in [0.717, 1.165) is 0 Å². The highest BCUT2D eigenvalue weighted by Crippen LogP contribution is 2.13. The molecule has 0 atom stereocenters. The number of para-hydroxylation sites is 1. The second-order valence-electron chi connectivity index (χ2n) is 5.25. The van der Waals surface area contributed by atoms with Gasteiger partial charge in [-0.05, 0) is 23.6 Å². The van der Waals surface area contributed by atoms with Crippen molar-refractivity contribution in [2.75, 3.05) is 18.9 Å². The molecule has 0 aliphatic rings. The molecule has 0 saturated heterocycles. The molecule has 0 fully saturated rings. The van der Waals surface area contributed by atoms with Gasteiger partial charge in [0, 0.05) is 13.1 Å². The third-order valence-corrected chi connectivity index (χ3v) is 5.71. The summed E-state index contributed by atoms with van der Waals surface area (Å²) in [6, 6.07) is 10.8. The van der Waals surface area contributed by atoms with Crippen LogP contribution in [-0.2, 0) is 16.6 Å². The zero-order chi connectivity index (χ0) is 17.7. The maximum atomic E-state index is 12.2. The fourth-order valence-electron chi connectivity index (χ4n) is 2.22. The first-order valence-corrected chi connectivity index (χ1v) is 10.2. The summed E-state index contributed by atoms with van der Waals surface area (Å²) in [6.07, 6.45) is 1.43. The number of fused-ring (bicyclic) bond motifs is 1. The Labute approximate surface area is 149 Å². The topological polar surface area (TPSA) is 90.3 Å². The number of rotatable bonds is 8. The van der Waals surface area contributed by atoms with Crippen molar-refractivity contribution >= 4 is 31.6 Å². The van der Waals surface area contributed by atoms with Crippen LogP contribution in [0.4, 0.5) is 0 Å². The van der Waals surface area contributed by atoms with Crippen molar-refractivity contribution in [1.82, 2.24) is 14.3 Å². The standard InChI is InChI=1S/C16H17N3O4S2/c20-16-15-14(6-10-24-15)17-12-19(16)8-7-18-25(21,22)11-9-23-13-4-2-1-3-5-13/h1-6,10,12,18H,7-9,11H2. The van der Waals surface area contributed by atoms with Crippen LogP contribution in [0.1, 0.15) is 0 Å². The van der Waals surface area contributed by atoms with E-state index in [1.165, 1.54) is 22.2 Å². The Morgan fingerprint density at radius 3 is 2.80 bits per heavy atom. The Kier molecular flexibility index (Phi) is 5.47. The average Bonchev–Trinajstić information content (AvgIpc) is 3.07. The van der Waals surface area contributed by atoms with E-state index in [-0.39, 0.29) is 31.0 Å². The summed E-state index contributed by atoms with van der Waals surface area (Å²) >= 11 is 1.33. The number of thiophene rings is 1. The van der Waals surface area contributed by atoms with Crippen LogP contribution in [0.25, 0.3) is 10.2 Å². The Hall–Kier alpha value is -2.23. The zero-order valence-electron chi connectivity index (χ0n) is 13.3. The van der Waals surface area contributed by atoms with Gasteiger partial charge in [-0.2, -0.15) is 0 Å². The predicted octanol–water partition coefficient (Wildman–Crippen LogP) is 1.46. The molecule has 7 nitrogen and oxygen atoms in total. The van der Waals surface area contributed by atoms with Crippen LogP contribution in [0.5, 0.6) is 5.75 Å². The molecule has 1 aromatic carbocycles. The fraction of sp³-hybridized carbons (Fsp3) is 0.250. The van der Waals surface area contributed by atoms with Crippen LogP contribution in [-0.4, -0.2) is 36.9 Å². The minimum Gasteiger partial charge on any atom is -0.492 e. The molecule has 0 spiro atoms. The molecule has 3 rings (SSSR count). The number of hydrogen-bond acceptors (Lipinski definition) is 6. The van der Waals surface area contributed by atoms with Gasteiger partial charge in [-0.1, -0.05) is 18.2 Å². The van der Waals surface area contributed by atoms with Gasteiger partial charge in [0.15, 0.2) is 0 Å². The van der Waals surface area contributed by atoms with Crippen LogP contribution >= 0.6 is 11.3 Å². The highest BCUT2D eigenvalue weighted by Gasteiger charge is 2.11. The molecule has 2 heterocycles. The molecule has 9 heteroatoms. The van der Waals surface area contributed by atoms with Crippen LogP contribution in [0.15, 0.2) is 52.9 Å². The fourth-order valence-corrected chi connectivity index (χ4v) is 3.86. The van der Waals surface area contributed by atoms with Crippen molar-refractivity contribution < 1.29 is 13.2 Å². The molecule has 2 aromatic heterocycles. The minimum atomic E-state index is -3.47. The Morgan fingerprint density at radius 1 is 1.20 bits per heavy atom. The molecular formula is C16H17N3O4S2. The van der Waals surface area contributed by atoms with Gasteiger partial charge in [-0.3, -0.25) is 9.36 Å². The van der Waals surface area contributed by atoms with Gasteiger partial charge in [0.1, 0.15) is 17.1 Å². The summed E-state index contributed by atoms with van der Waals surface area (Å²) in [4.78, 5) is 16.4. The molecule has 3 aromatic rings. The number of hydrogen-bond donors (Lipinski definition) is 1. The number of nitrogens with one attached hydrogen (secondary N) is 1. The predicted molar refractivity (Wildman–Crippen MR) is 97.6 cm³/mol. The first-order chi connectivity index (χ1) is 12.1. The lowest BCUT2D eigenvalue weighted by molar-refractivity contribution is 0.340. The van der Waals surface area contributed by atoms with E-state index in [1.54, 1.807) is 23.6 Å². The van der Waals surface area contributed by atoms with Gasteiger partial charge in [-0.15, -0.1) is 11.3 Å². The maximum Gasteiger partial charge on any atom is 0.271 e. The molecule has 0 amide bonds. The summed E-state index contributed by atoms with van der Waals surface area (Å²) in [6.45, 7) is 0.395. The summed E-state index contributed by atoms with van der Waals surface area (Å²) in [5, 5.41) is 1.80. The molecule has 0 radical (unpaired) electrons. The number of aromatic nitrogens is 2. The van der Waals surface area contributed by atoms with Gasteiger partial charge >= 0.3 is 0 Å². The normalized spacial score (nSPS) is 11.7. The van der Waals surface area contributed by atoms with Crippen molar-refractivity contribution in [3.63, 3.8) is 0 Å². The molecule has 0 bridgehead atoms. The van der Waals surface area contributed by atoms with Crippen LogP contribution in [0.2, 0.25) is 0 Å². The Bertz CT molecular complexity index is 997. The van der Waals surface area contributed by atoms with E-state index in [1.807, 2.05) is 18.2 Å². The summed E-state index contributed by atoms with van der Waals surface area (Å²) in [5.41, 5.74) is 0.497. The Balaban J connectivity index is 1.50. The molecular weight excluding hydrogens is 362 g/mol. The molecule has 132 valence electrons. The lowest BCUT2D eigenvalue weighted by Gasteiger charge is -2.09. The van der Waals surface area contributed by atoms with Gasteiger partial charge in [0.2, 0.25) is 10.0 Å². The smallest absolute Gasteiger partial charge is 0.271 e. The van der Waals surface area contributed by atoms with E-state index in [9.17, 15) is 13.2 Å². The van der Waals surface area contributed by atoms with Crippen LogP contribution in [0, 0.1) is 0 Å². The SMILES string of the molecule is O=c1c2sccc2ncn1CCNS(=O)(=O)CCOc1ccccc1. The number of ether oxygens (including phenoxy) is 1. The quantitative estimate of drug-likeness (QED) is 0.640. The lowest BCUT2D eigenvalue weighted by Crippen LogP contribution is -2.33. The van der Waals surface area contributed by atoms with Crippen molar-refractivity contribution in [2.24, 2.45) is 0 Å². The first kappa shape index (κ1) is 17.6. The maximum absolute atomic E-state index is 12.2. The third kappa shape index (κ3) is 4.65. The van der Waals surface area contributed by atoms with E-state index >= 15 is 0 Å². The number of sulfonamides is 1. The van der Waals surface area contributed by atoms with E-state index < -0.39 is 10.0 Å². The van der Waals surface area contributed by atoms with E-state index in [2.05, 4.69) is 9.71 Å². The average molecular weight is 379 g/mol. The van der Waals surface area contributed by atoms with Crippen molar-refractivity contribution in [3.05, 3.63) is 58.5 Å². The summed E-state index contributed by atoms with van der Waals surface area (Å²) < 4.78 is 33.8. The highest BCUT2D eigenvalue weighted by atomic mass is 32.2. The van der Waals surface area contributed by atoms with Gasteiger partial charge < -0.3 is 4.74 Å². The van der Waals surface area contributed by atoms with Crippen molar-refractivity contribution in [3.8, 4) is 5.75 Å². The molecule has 1 N–H and O–H groups in total. The van der Waals surface area contributed by atoms with Crippen LogP contribution < -0.4 is 15.0 Å². The minimum absolute atomic E-state index is 0.0575. The molecule has 25 heavy (non-hydrogen) atoms. The van der Waals surface area contributed by atoms with Crippen molar-refractivity contribution in [1.29, 1.82) is 0 Å². The van der Waals surface area contributed by atoms with Crippen LogP contribution in [0.3, 0.4) is 0 Å². The van der Waals surface area contributed by atoms with Gasteiger partial charge in [0.25, 0.3) is 5.56 Å².